The molecule has 0 unspecified atom stereocenters. The lowest BCUT2D eigenvalue weighted by atomic mass is 10.2. The highest BCUT2D eigenvalue weighted by atomic mass is 35.5. The van der Waals surface area contributed by atoms with Crippen molar-refractivity contribution in [3.63, 3.8) is 0 Å². The standard InChI is InChI=1S/C24H20ClN5O2S/c1-32-21-12-10-20(11-13-21)30-23(18-7-3-2-4-8-18)28-29-24(30)33-16-22(31)27-26-15-17-6-5-9-19(25)14-17/h2-15H,16H2,1H3,(H,27,31)/b26-15-. The number of nitrogens with one attached hydrogen (secondary N) is 1. The summed E-state index contributed by atoms with van der Waals surface area (Å²) in [5.41, 5.74) is 5.10. The maximum Gasteiger partial charge on any atom is 0.250 e. The predicted octanol–water partition coefficient (Wildman–Crippen LogP) is 4.84. The van der Waals surface area contributed by atoms with Gasteiger partial charge in [-0.1, -0.05) is 65.8 Å². The average Bonchev–Trinajstić information content (AvgIpc) is 3.27. The lowest BCUT2D eigenvalue weighted by molar-refractivity contribution is -0.118. The van der Waals surface area contributed by atoms with Gasteiger partial charge in [0, 0.05) is 16.3 Å². The number of aromatic nitrogens is 3. The second-order valence-electron chi connectivity index (χ2n) is 6.84. The molecule has 0 aliphatic heterocycles. The number of carbonyl (C=O) groups is 1. The highest BCUT2D eigenvalue weighted by Gasteiger charge is 2.17. The summed E-state index contributed by atoms with van der Waals surface area (Å²) in [5.74, 6) is 1.29. The van der Waals surface area contributed by atoms with Crippen molar-refractivity contribution in [1.29, 1.82) is 0 Å². The quantitative estimate of drug-likeness (QED) is 0.223. The first kappa shape index (κ1) is 22.6. The number of hydrogen-bond acceptors (Lipinski definition) is 6. The second kappa shape index (κ2) is 10.8. The van der Waals surface area contributed by atoms with Crippen molar-refractivity contribution in [2.24, 2.45) is 5.10 Å². The number of thioether (sulfide) groups is 1. The summed E-state index contributed by atoms with van der Waals surface area (Å²) in [6.45, 7) is 0. The summed E-state index contributed by atoms with van der Waals surface area (Å²) in [7, 11) is 1.62. The molecule has 7 nitrogen and oxygen atoms in total. The number of benzene rings is 3. The zero-order valence-corrected chi connectivity index (χ0v) is 19.3. The molecule has 0 atom stereocenters. The molecule has 0 aliphatic rings. The van der Waals surface area contributed by atoms with Gasteiger partial charge in [-0.05, 0) is 42.0 Å². The molecule has 0 aliphatic carbocycles. The molecule has 0 bridgehead atoms. The number of amides is 1. The topological polar surface area (TPSA) is 81.4 Å². The molecule has 33 heavy (non-hydrogen) atoms. The van der Waals surface area contributed by atoms with Crippen molar-refractivity contribution in [3.05, 3.63) is 89.4 Å². The van der Waals surface area contributed by atoms with Crippen LogP contribution in [0.1, 0.15) is 5.56 Å². The molecule has 1 amide bonds. The number of nitrogens with zero attached hydrogens (tertiary/aromatic N) is 4. The summed E-state index contributed by atoms with van der Waals surface area (Å²) >= 11 is 7.23. The minimum absolute atomic E-state index is 0.121. The molecule has 9 heteroatoms. The third kappa shape index (κ3) is 5.79. The van der Waals surface area contributed by atoms with E-state index < -0.39 is 0 Å². The maximum atomic E-state index is 12.3. The van der Waals surface area contributed by atoms with E-state index in [1.165, 1.54) is 11.8 Å². The summed E-state index contributed by atoms with van der Waals surface area (Å²) < 4.78 is 7.19. The van der Waals surface area contributed by atoms with Gasteiger partial charge < -0.3 is 4.74 Å². The van der Waals surface area contributed by atoms with Crippen molar-refractivity contribution in [3.8, 4) is 22.8 Å². The fourth-order valence-electron chi connectivity index (χ4n) is 3.03. The Kier molecular flexibility index (Phi) is 7.39. The fraction of sp³-hybridized carbons (Fsp3) is 0.0833. The molecule has 0 saturated heterocycles. The SMILES string of the molecule is COc1ccc(-n2c(SCC(=O)N/N=C\c3cccc(Cl)c3)nnc2-c2ccccc2)cc1. The largest absolute Gasteiger partial charge is 0.497 e. The van der Waals surface area contributed by atoms with E-state index in [1.807, 2.05) is 71.3 Å². The Morgan fingerprint density at radius 1 is 1.09 bits per heavy atom. The van der Waals surface area contributed by atoms with Gasteiger partial charge in [-0.25, -0.2) is 5.43 Å². The van der Waals surface area contributed by atoms with Crippen LogP contribution < -0.4 is 10.2 Å². The van der Waals surface area contributed by atoms with Gasteiger partial charge in [-0.15, -0.1) is 10.2 Å². The Bertz CT molecular complexity index is 1260. The van der Waals surface area contributed by atoms with Crippen molar-refractivity contribution in [2.45, 2.75) is 5.16 Å². The summed E-state index contributed by atoms with van der Waals surface area (Å²) in [4.78, 5) is 12.3. The van der Waals surface area contributed by atoms with Crippen LogP contribution in [0.15, 0.2) is 89.1 Å². The Morgan fingerprint density at radius 2 is 1.88 bits per heavy atom. The zero-order valence-electron chi connectivity index (χ0n) is 17.7. The van der Waals surface area contributed by atoms with Crippen LogP contribution in [0.4, 0.5) is 0 Å². The Hall–Kier alpha value is -3.62. The molecule has 166 valence electrons. The molecule has 1 aromatic heterocycles. The van der Waals surface area contributed by atoms with Gasteiger partial charge in [-0.2, -0.15) is 5.10 Å². The molecular formula is C24H20ClN5O2S. The van der Waals surface area contributed by atoms with Gasteiger partial charge in [0.05, 0.1) is 19.1 Å². The first-order valence-corrected chi connectivity index (χ1v) is 11.4. The number of hydrazone groups is 1. The number of rotatable bonds is 8. The van der Waals surface area contributed by atoms with Gasteiger partial charge in [0.2, 0.25) is 0 Å². The van der Waals surface area contributed by atoms with Crippen molar-refractivity contribution >= 4 is 35.5 Å². The number of carbonyl (C=O) groups excluding carboxylic acids is 1. The summed E-state index contributed by atoms with van der Waals surface area (Å²) in [5, 5.41) is 13.9. The fourth-order valence-corrected chi connectivity index (χ4v) is 3.97. The van der Waals surface area contributed by atoms with Crippen molar-refractivity contribution < 1.29 is 9.53 Å². The highest BCUT2D eigenvalue weighted by molar-refractivity contribution is 7.99. The molecule has 1 N–H and O–H groups in total. The van der Waals surface area contributed by atoms with Crippen LogP contribution in [0.5, 0.6) is 5.75 Å². The van der Waals surface area contributed by atoms with E-state index in [2.05, 4.69) is 20.7 Å². The number of methoxy groups -OCH3 is 1. The van der Waals surface area contributed by atoms with Crippen LogP contribution in [-0.4, -0.2) is 39.7 Å². The zero-order chi connectivity index (χ0) is 23.0. The van der Waals surface area contributed by atoms with Gasteiger partial charge in [0.25, 0.3) is 5.91 Å². The summed E-state index contributed by atoms with van der Waals surface area (Å²) in [6, 6.07) is 24.6. The minimum Gasteiger partial charge on any atom is -0.497 e. The van der Waals surface area contributed by atoms with E-state index in [0.29, 0.717) is 16.0 Å². The molecule has 1 heterocycles. The van der Waals surface area contributed by atoms with Crippen LogP contribution in [0, 0.1) is 0 Å². The van der Waals surface area contributed by atoms with E-state index >= 15 is 0 Å². The molecule has 0 spiro atoms. The van der Waals surface area contributed by atoms with Crippen LogP contribution >= 0.6 is 23.4 Å². The third-order valence-electron chi connectivity index (χ3n) is 4.58. The first-order chi connectivity index (χ1) is 16.1. The Balaban J connectivity index is 1.51. The first-order valence-electron chi connectivity index (χ1n) is 9.99. The van der Waals surface area contributed by atoms with Crippen LogP contribution in [0.3, 0.4) is 0 Å². The smallest absolute Gasteiger partial charge is 0.250 e. The monoisotopic (exact) mass is 477 g/mol. The van der Waals surface area contributed by atoms with E-state index in [1.54, 1.807) is 25.5 Å². The summed E-state index contributed by atoms with van der Waals surface area (Å²) in [6.07, 6.45) is 1.54. The molecule has 3 aromatic carbocycles. The number of halogens is 1. The van der Waals surface area contributed by atoms with Gasteiger partial charge in [0.15, 0.2) is 11.0 Å². The Labute approximate surface area is 200 Å². The maximum absolute atomic E-state index is 12.3. The second-order valence-corrected chi connectivity index (χ2v) is 8.22. The van der Waals surface area contributed by atoms with Gasteiger partial charge >= 0.3 is 0 Å². The van der Waals surface area contributed by atoms with E-state index in [4.69, 9.17) is 16.3 Å². The Morgan fingerprint density at radius 3 is 2.61 bits per heavy atom. The van der Waals surface area contributed by atoms with Crippen LogP contribution in [-0.2, 0) is 4.79 Å². The van der Waals surface area contributed by atoms with E-state index in [0.717, 1.165) is 22.6 Å². The van der Waals surface area contributed by atoms with Gasteiger partial charge in [0.1, 0.15) is 5.75 Å². The molecule has 0 fully saturated rings. The molecule has 0 saturated carbocycles. The van der Waals surface area contributed by atoms with Crippen molar-refractivity contribution in [1.82, 2.24) is 20.2 Å². The highest BCUT2D eigenvalue weighted by Crippen LogP contribution is 2.28. The minimum atomic E-state index is -0.260. The number of ether oxygens (including phenoxy) is 1. The van der Waals surface area contributed by atoms with Crippen LogP contribution in [0.2, 0.25) is 5.02 Å². The normalized spacial score (nSPS) is 11.0. The lowest BCUT2D eigenvalue weighted by Crippen LogP contribution is -2.20. The molecular weight excluding hydrogens is 458 g/mol. The average molecular weight is 478 g/mol. The van der Waals surface area contributed by atoms with E-state index in [9.17, 15) is 4.79 Å². The molecule has 4 aromatic rings. The molecule has 4 rings (SSSR count). The number of hydrogen-bond donors (Lipinski definition) is 1. The molecule has 0 radical (unpaired) electrons. The predicted molar refractivity (Wildman–Crippen MR) is 131 cm³/mol. The third-order valence-corrected chi connectivity index (χ3v) is 5.74. The van der Waals surface area contributed by atoms with E-state index in [-0.39, 0.29) is 11.7 Å². The van der Waals surface area contributed by atoms with Crippen LogP contribution in [0.25, 0.3) is 17.1 Å². The van der Waals surface area contributed by atoms with Gasteiger partial charge in [-0.3, -0.25) is 9.36 Å². The van der Waals surface area contributed by atoms with Crippen molar-refractivity contribution in [2.75, 3.05) is 12.9 Å². The lowest BCUT2D eigenvalue weighted by Gasteiger charge is -2.11.